The number of nitrogens with zero attached hydrogens (tertiary/aromatic N) is 3. The molecule has 4 nitrogen and oxygen atoms in total. The van der Waals surface area contributed by atoms with E-state index in [9.17, 15) is 0 Å². The third-order valence-electron chi connectivity index (χ3n) is 2.53. The van der Waals surface area contributed by atoms with Crippen LogP contribution in [0, 0.1) is 6.92 Å². The van der Waals surface area contributed by atoms with Crippen LogP contribution in [0.2, 0.25) is 0 Å². The Kier molecular flexibility index (Phi) is 3.66. The highest BCUT2D eigenvalue weighted by Crippen LogP contribution is 2.11. The Morgan fingerprint density at radius 2 is 2.20 bits per heavy atom. The zero-order valence-electron chi connectivity index (χ0n) is 8.83. The topological polar surface area (TPSA) is 41.1 Å². The second-order valence-electron chi connectivity index (χ2n) is 3.76. The van der Waals surface area contributed by atoms with E-state index in [1.54, 1.807) is 0 Å². The van der Waals surface area contributed by atoms with E-state index in [0.717, 1.165) is 48.7 Å². The van der Waals surface area contributed by atoms with Crippen molar-refractivity contribution in [2.45, 2.75) is 13.5 Å². The molecule has 0 bridgehead atoms. The minimum Gasteiger partial charge on any atom is -0.314 e. The average molecular weight is 271 g/mol. The van der Waals surface area contributed by atoms with Crippen LogP contribution in [0.1, 0.15) is 11.4 Å². The van der Waals surface area contributed by atoms with Crippen LogP contribution in [0.3, 0.4) is 0 Å². The van der Waals surface area contributed by atoms with Crippen molar-refractivity contribution in [3.8, 4) is 0 Å². The van der Waals surface area contributed by atoms with Gasteiger partial charge in [-0.15, -0.1) is 0 Å². The molecule has 0 saturated carbocycles. The second kappa shape index (κ2) is 5.01. The number of nitrogens with one attached hydrogen (secondary N) is 1. The molecule has 15 heavy (non-hydrogen) atoms. The quantitative estimate of drug-likeness (QED) is 0.869. The monoisotopic (exact) mass is 270 g/mol. The Bertz CT molecular complexity index is 336. The smallest absolute Gasteiger partial charge is 0.127 e. The highest BCUT2D eigenvalue weighted by Gasteiger charge is 2.11. The van der Waals surface area contributed by atoms with Crippen LogP contribution in [0.25, 0.3) is 0 Å². The fourth-order valence-corrected chi connectivity index (χ4v) is 1.88. The lowest BCUT2D eigenvalue weighted by molar-refractivity contribution is 0.230. The maximum Gasteiger partial charge on any atom is 0.127 e. The molecule has 0 amide bonds. The number of hydrogen-bond donors (Lipinski definition) is 1. The van der Waals surface area contributed by atoms with Crippen molar-refractivity contribution in [3.63, 3.8) is 0 Å². The fourth-order valence-electron chi connectivity index (χ4n) is 1.69. The predicted molar refractivity (Wildman–Crippen MR) is 62.6 cm³/mol. The molecule has 82 valence electrons. The number of halogens is 1. The highest BCUT2D eigenvalue weighted by molar-refractivity contribution is 9.10. The maximum atomic E-state index is 4.50. The van der Waals surface area contributed by atoms with E-state index in [4.69, 9.17) is 0 Å². The molecule has 5 heteroatoms. The molecule has 0 aromatic carbocycles. The normalized spacial score (nSPS) is 18.0. The standard InChI is InChI=1S/C10H15BrN4/c1-8-10(11)13-6-9(14-8)7-15-4-2-12-3-5-15/h6,12H,2-5,7H2,1H3. The zero-order valence-corrected chi connectivity index (χ0v) is 10.4. The van der Waals surface area contributed by atoms with Crippen molar-refractivity contribution < 1.29 is 0 Å². The van der Waals surface area contributed by atoms with Gasteiger partial charge in [-0.1, -0.05) is 0 Å². The summed E-state index contributed by atoms with van der Waals surface area (Å²) in [5.74, 6) is 0. The van der Waals surface area contributed by atoms with Crippen molar-refractivity contribution in [1.29, 1.82) is 0 Å². The van der Waals surface area contributed by atoms with Crippen LogP contribution < -0.4 is 5.32 Å². The van der Waals surface area contributed by atoms with E-state index in [1.807, 2.05) is 13.1 Å². The van der Waals surface area contributed by atoms with Gasteiger partial charge in [-0.3, -0.25) is 9.88 Å². The molecule has 1 aliphatic heterocycles. The molecule has 1 N–H and O–H groups in total. The summed E-state index contributed by atoms with van der Waals surface area (Å²) in [6.45, 7) is 7.21. The van der Waals surface area contributed by atoms with Crippen LogP contribution in [0.5, 0.6) is 0 Å². The predicted octanol–water partition coefficient (Wildman–Crippen LogP) is 0.953. The van der Waals surface area contributed by atoms with Crippen LogP contribution >= 0.6 is 15.9 Å². The van der Waals surface area contributed by atoms with Gasteiger partial charge in [-0.25, -0.2) is 4.98 Å². The molecule has 1 aromatic heterocycles. The van der Waals surface area contributed by atoms with Gasteiger partial charge in [-0.2, -0.15) is 0 Å². The molecule has 2 rings (SSSR count). The Balaban J connectivity index is 2.00. The first kappa shape index (κ1) is 11.0. The summed E-state index contributed by atoms with van der Waals surface area (Å²) in [7, 11) is 0. The number of aryl methyl sites for hydroxylation is 1. The fraction of sp³-hybridized carbons (Fsp3) is 0.600. The molecular weight excluding hydrogens is 256 g/mol. The molecule has 0 aliphatic carbocycles. The summed E-state index contributed by atoms with van der Waals surface area (Å²) >= 11 is 3.36. The molecule has 0 atom stereocenters. The van der Waals surface area contributed by atoms with Crippen molar-refractivity contribution in [2.75, 3.05) is 26.2 Å². The van der Waals surface area contributed by atoms with Crippen LogP contribution in [-0.2, 0) is 6.54 Å². The molecule has 1 aromatic rings. The van der Waals surface area contributed by atoms with Crippen LogP contribution in [0.15, 0.2) is 10.8 Å². The SMILES string of the molecule is Cc1nc(CN2CCNCC2)cnc1Br. The summed E-state index contributed by atoms with van der Waals surface area (Å²) in [4.78, 5) is 11.1. The van der Waals surface area contributed by atoms with E-state index >= 15 is 0 Å². The Morgan fingerprint density at radius 1 is 1.47 bits per heavy atom. The minimum atomic E-state index is 0.839. The number of hydrogen-bond acceptors (Lipinski definition) is 4. The van der Waals surface area contributed by atoms with Crippen molar-refractivity contribution in [3.05, 3.63) is 22.2 Å². The highest BCUT2D eigenvalue weighted by atomic mass is 79.9. The average Bonchev–Trinajstić information content (AvgIpc) is 2.25. The zero-order chi connectivity index (χ0) is 10.7. The van der Waals surface area contributed by atoms with Gasteiger partial charge in [-0.05, 0) is 22.9 Å². The van der Waals surface area contributed by atoms with Gasteiger partial charge in [0.05, 0.1) is 17.6 Å². The molecule has 0 unspecified atom stereocenters. The van der Waals surface area contributed by atoms with Gasteiger partial charge in [0.1, 0.15) is 4.60 Å². The van der Waals surface area contributed by atoms with Crippen LogP contribution in [-0.4, -0.2) is 41.0 Å². The van der Waals surface area contributed by atoms with E-state index in [1.165, 1.54) is 0 Å². The second-order valence-corrected chi connectivity index (χ2v) is 4.51. The first-order valence-electron chi connectivity index (χ1n) is 5.17. The molecule has 2 heterocycles. The molecule has 1 aliphatic rings. The summed E-state index contributed by atoms with van der Waals surface area (Å²) in [6, 6.07) is 0. The largest absolute Gasteiger partial charge is 0.314 e. The third-order valence-corrected chi connectivity index (χ3v) is 3.31. The Morgan fingerprint density at radius 3 is 2.87 bits per heavy atom. The number of rotatable bonds is 2. The van der Waals surface area contributed by atoms with Gasteiger partial charge < -0.3 is 5.32 Å². The lowest BCUT2D eigenvalue weighted by atomic mass is 10.3. The third kappa shape index (κ3) is 2.96. The first-order valence-corrected chi connectivity index (χ1v) is 5.96. The summed E-state index contributed by atoms with van der Waals surface area (Å²) in [6.07, 6.45) is 1.85. The molecule has 0 radical (unpaired) electrons. The lowest BCUT2D eigenvalue weighted by Crippen LogP contribution is -2.43. The van der Waals surface area contributed by atoms with E-state index in [0.29, 0.717) is 0 Å². The van der Waals surface area contributed by atoms with Gasteiger partial charge in [0, 0.05) is 32.7 Å². The Hall–Kier alpha value is -0.520. The van der Waals surface area contributed by atoms with Gasteiger partial charge in [0.2, 0.25) is 0 Å². The van der Waals surface area contributed by atoms with Gasteiger partial charge in [0.15, 0.2) is 0 Å². The van der Waals surface area contributed by atoms with Crippen LogP contribution in [0.4, 0.5) is 0 Å². The summed E-state index contributed by atoms with van der Waals surface area (Å²) in [5.41, 5.74) is 2.01. The number of aromatic nitrogens is 2. The first-order chi connectivity index (χ1) is 7.25. The van der Waals surface area contributed by atoms with E-state index in [-0.39, 0.29) is 0 Å². The van der Waals surface area contributed by atoms with Gasteiger partial charge in [0.25, 0.3) is 0 Å². The van der Waals surface area contributed by atoms with E-state index in [2.05, 4.69) is 36.1 Å². The lowest BCUT2D eigenvalue weighted by Gasteiger charge is -2.26. The molecular formula is C10H15BrN4. The summed E-state index contributed by atoms with van der Waals surface area (Å²) in [5, 5.41) is 3.34. The Labute approximate surface area is 98.2 Å². The maximum absolute atomic E-state index is 4.50. The molecule has 1 fully saturated rings. The molecule has 0 spiro atoms. The minimum absolute atomic E-state index is 0.839. The van der Waals surface area contributed by atoms with Crippen molar-refractivity contribution in [1.82, 2.24) is 20.2 Å². The molecule has 1 saturated heterocycles. The summed E-state index contributed by atoms with van der Waals surface area (Å²) < 4.78 is 0.839. The number of piperazine rings is 1. The van der Waals surface area contributed by atoms with E-state index < -0.39 is 0 Å². The van der Waals surface area contributed by atoms with Gasteiger partial charge >= 0.3 is 0 Å². The van der Waals surface area contributed by atoms with Crippen molar-refractivity contribution in [2.24, 2.45) is 0 Å². The van der Waals surface area contributed by atoms with Crippen molar-refractivity contribution >= 4 is 15.9 Å².